The summed E-state index contributed by atoms with van der Waals surface area (Å²) in [6.45, 7) is 1.09. The van der Waals surface area contributed by atoms with Crippen LogP contribution in [0.1, 0.15) is 0 Å². The minimum atomic E-state index is -0.874. The van der Waals surface area contributed by atoms with Crippen molar-refractivity contribution in [3.05, 3.63) is 23.2 Å². The first-order valence-electron chi connectivity index (χ1n) is 5.61. The Balaban J connectivity index is 2.42. The Morgan fingerprint density at radius 3 is 3.05 bits per heavy atom. The van der Waals surface area contributed by atoms with Crippen LogP contribution in [-0.4, -0.2) is 40.1 Å². The number of aromatic nitrogens is 2. The van der Waals surface area contributed by atoms with Gasteiger partial charge in [-0.3, -0.25) is 4.79 Å². The maximum absolute atomic E-state index is 10.7. The van der Waals surface area contributed by atoms with Gasteiger partial charge in [-0.25, -0.2) is 4.98 Å². The number of fused-ring (bicyclic) bond motifs is 1. The molecular formula is C12H13ClN2O3S. The number of ether oxygens (including phenoxy) is 1. The van der Waals surface area contributed by atoms with Gasteiger partial charge in [0.2, 0.25) is 0 Å². The van der Waals surface area contributed by atoms with Crippen LogP contribution in [0.4, 0.5) is 0 Å². The summed E-state index contributed by atoms with van der Waals surface area (Å²) in [7, 11) is 1.62. The lowest BCUT2D eigenvalue weighted by Crippen LogP contribution is -2.07. The van der Waals surface area contributed by atoms with E-state index in [1.165, 1.54) is 11.8 Å². The smallest absolute Gasteiger partial charge is 0.313 e. The van der Waals surface area contributed by atoms with Gasteiger partial charge in [-0.1, -0.05) is 29.4 Å². The lowest BCUT2D eigenvalue weighted by atomic mass is 10.3. The molecule has 0 aliphatic rings. The van der Waals surface area contributed by atoms with Crippen molar-refractivity contribution in [3.8, 4) is 0 Å². The number of benzene rings is 1. The second kappa shape index (κ2) is 6.27. The number of carboxylic acid groups (broad SMARTS) is 1. The summed E-state index contributed by atoms with van der Waals surface area (Å²) < 4.78 is 6.96. The number of carboxylic acids is 1. The van der Waals surface area contributed by atoms with Gasteiger partial charge in [0.25, 0.3) is 0 Å². The predicted octanol–water partition coefficient (Wildman–Crippen LogP) is 2.51. The van der Waals surface area contributed by atoms with E-state index in [2.05, 4.69) is 4.98 Å². The van der Waals surface area contributed by atoms with Gasteiger partial charge in [0.15, 0.2) is 5.16 Å². The molecule has 1 N–H and O–H groups in total. The van der Waals surface area contributed by atoms with Gasteiger partial charge in [0, 0.05) is 13.7 Å². The van der Waals surface area contributed by atoms with Crippen LogP contribution < -0.4 is 0 Å². The summed E-state index contributed by atoms with van der Waals surface area (Å²) >= 11 is 7.37. The second-order valence-electron chi connectivity index (χ2n) is 3.83. The summed E-state index contributed by atoms with van der Waals surface area (Å²) in [5, 5.41) is 10.0. The SMILES string of the molecule is COCCn1c(SCC(=O)O)nc2cccc(Cl)c21. The molecule has 102 valence electrons. The molecular weight excluding hydrogens is 288 g/mol. The van der Waals surface area contributed by atoms with E-state index >= 15 is 0 Å². The van der Waals surface area contributed by atoms with Gasteiger partial charge < -0.3 is 14.4 Å². The van der Waals surface area contributed by atoms with Gasteiger partial charge in [0.1, 0.15) is 0 Å². The zero-order chi connectivity index (χ0) is 13.8. The highest BCUT2D eigenvalue weighted by atomic mass is 35.5. The van der Waals surface area contributed by atoms with E-state index in [0.29, 0.717) is 23.3 Å². The number of hydrogen-bond acceptors (Lipinski definition) is 4. The maximum atomic E-state index is 10.7. The minimum absolute atomic E-state index is 0.0338. The zero-order valence-electron chi connectivity index (χ0n) is 10.3. The van der Waals surface area contributed by atoms with Crippen molar-refractivity contribution in [3.63, 3.8) is 0 Å². The zero-order valence-corrected chi connectivity index (χ0v) is 11.9. The van der Waals surface area contributed by atoms with Crippen LogP contribution >= 0.6 is 23.4 Å². The first kappa shape index (κ1) is 14.2. The highest BCUT2D eigenvalue weighted by molar-refractivity contribution is 7.99. The molecule has 1 heterocycles. The third-order valence-electron chi connectivity index (χ3n) is 2.53. The molecule has 19 heavy (non-hydrogen) atoms. The molecule has 2 aromatic rings. The number of methoxy groups -OCH3 is 1. The number of rotatable bonds is 6. The number of para-hydroxylation sites is 1. The molecule has 0 amide bonds. The average Bonchev–Trinajstić information content (AvgIpc) is 2.73. The van der Waals surface area contributed by atoms with E-state index in [4.69, 9.17) is 21.4 Å². The average molecular weight is 301 g/mol. The highest BCUT2D eigenvalue weighted by Gasteiger charge is 2.14. The van der Waals surface area contributed by atoms with Crippen molar-refractivity contribution < 1.29 is 14.6 Å². The quantitative estimate of drug-likeness (QED) is 0.831. The Labute approximate surface area is 119 Å². The maximum Gasteiger partial charge on any atom is 0.313 e. The number of imidazole rings is 1. The van der Waals surface area contributed by atoms with Gasteiger partial charge in [-0.05, 0) is 12.1 Å². The van der Waals surface area contributed by atoms with Crippen LogP contribution in [0, 0.1) is 0 Å². The van der Waals surface area contributed by atoms with Crippen molar-refractivity contribution in [1.82, 2.24) is 9.55 Å². The number of nitrogens with zero attached hydrogens (tertiary/aromatic N) is 2. The fraction of sp³-hybridized carbons (Fsp3) is 0.333. The highest BCUT2D eigenvalue weighted by Crippen LogP contribution is 2.29. The number of carbonyl (C=O) groups is 1. The lowest BCUT2D eigenvalue weighted by molar-refractivity contribution is -0.133. The Morgan fingerprint density at radius 1 is 1.58 bits per heavy atom. The number of aliphatic carboxylic acids is 1. The largest absolute Gasteiger partial charge is 0.481 e. The molecule has 0 saturated carbocycles. The van der Waals surface area contributed by atoms with E-state index in [0.717, 1.165) is 11.0 Å². The molecule has 0 spiro atoms. The summed E-state index contributed by atoms with van der Waals surface area (Å²) in [5.74, 6) is -0.907. The molecule has 5 nitrogen and oxygen atoms in total. The Bertz CT molecular complexity index is 600. The molecule has 0 aliphatic heterocycles. The fourth-order valence-electron chi connectivity index (χ4n) is 1.75. The first-order chi connectivity index (χ1) is 9.13. The molecule has 0 aliphatic carbocycles. The van der Waals surface area contributed by atoms with Crippen molar-refractivity contribution in [2.75, 3.05) is 19.5 Å². The second-order valence-corrected chi connectivity index (χ2v) is 5.18. The van der Waals surface area contributed by atoms with Crippen molar-refractivity contribution in [2.24, 2.45) is 0 Å². The first-order valence-corrected chi connectivity index (χ1v) is 6.98. The van der Waals surface area contributed by atoms with E-state index in [9.17, 15) is 4.79 Å². The molecule has 0 bridgehead atoms. The lowest BCUT2D eigenvalue weighted by Gasteiger charge is -2.08. The minimum Gasteiger partial charge on any atom is -0.481 e. The summed E-state index contributed by atoms with van der Waals surface area (Å²) in [6, 6.07) is 5.47. The van der Waals surface area contributed by atoms with Gasteiger partial charge in [-0.15, -0.1) is 0 Å². The monoisotopic (exact) mass is 300 g/mol. The summed E-state index contributed by atoms with van der Waals surface area (Å²) in [6.07, 6.45) is 0. The van der Waals surface area contributed by atoms with E-state index in [1.807, 2.05) is 16.7 Å². The topological polar surface area (TPSA) is 64.3 Å². The normalized spacial score (nSPS) is 11.1. The van der Waals surface area contributed by atoms with E-state index in [-0.39, 0.29) is 5.75 Å². The summed E-state index contributed by atoms with van der Waals surface area (Å²) in [4.78, 5) is 15.1. The molecule has 7 heteroatoms. The molecule has 1 aromatic heterocycles. The third kappa shape index (κ3) is 3.20. The molecule has 2 rings (SSSR count). The molecule has 0 fully saturated rings. The van der Waals surface area contributed by atoms with Crippen LogP contribution in [0.2, 0.25) is 5.02 Å². The van der Waals surface area contributed by atoms with E-state index < -0.39 is 5.97 Å². The molecule has 1 aromatic carbocycles. The Kier molecular flexibility index (Phi) is 4.68. The van der Waals surface area contributed by atoms with Crippen LogP contribution in [-0.2, 0) is 16.1 Å². The molecule has 0 atom stereocenters. The standard InChI is InChI=1S/C12H13ClN2O3S/c1-18-6-5-15-11-8(13)3-2-4-9(11)14-12(15)19-7-10(16)17/h2-4H,5-7H2,1H3,(H,16,17). The molecule has 0 saturated heterocycles. The van der Waals surface area contributed by atoms with Gasteiger partial charge in [-0.2, -0.15) is 0 Å². The van der Waals surface area contributed by atoms with Crippen molar-refractivity contribution >= 4 is 40.4 Å². The molecule has 0 radical (unpaired) electrons. The van der Waals surface area contributed by atoms with Crippen LogP contribution in [0.15, 0.2) is 23.4 Å². The van der Waals surface area contributed by atoms with Crippen molar-refractivity contribution in [2.45, 2.75) is 11.7 Å². The van der Waals surface area contributed by atoms with E-state index in [1.54, 1.807) is 13.2 Å². The molecule has 0 unspecified atom stereocenters. The number of hydrogen-bond donors (Lipinski definition) is 1. The van der Waals surface area contributed by atoms with Gasteiger partial charge >= 0.3 is 5.97 Å². The summed E-state index contributed by atoms with van der Waals surface area (Å²) in [5.41, 5.74) is 1.57. The predicted molar refractivity (Wildman–Crippen MR) is 75.0 cm³/mol. The van der Waals surface area contributed by atoms with Crippen LogP contribution in [0.3, 0.4) is 0 Å². The van der Waals surface area contributed by atoms with Crippen molar-refractivity contribution in [1.29, 1.82) is 0 Å². The Morgan fingerprint density at radius 2 is 2.37 bits per heavy atom. The fourth-order valence-corrected chi connectivity index (χ4v) is 2.77. The Hall–Kier alpha value is -1.24. The number of thioether (sulfide) groups is 1. The van der Waals surface area contributed by atoms with Crippen LogP contribution in [0.25, 0.3) is 11.0 Å². The van der Waals surface area contributed by atoms with Gasteiger partial charge in [0.05, 0.1) is 28.4 Å². The third-order valence-corrected chi connectivity index (χ3v) is 3.79. The van der Waals surface area contributed by atoms with Crippen LogP contribution in [0.5, 0.6) is 0 Å². The number of halogens is 1.